The highest BCUT2D eigenvalue weighted by atomic mass is 32.1. The van der Waals surface area contributed by atoms with Gasteiger partial charge in [-0.15, -0.1) is 11.3 Å². The van der Waals surface area contributed by atoms with E-state index in [-0.39, 0.29) is 5.82 Å². The van der Waals surface area contributed by atoms with Gasteiger partial charge < -0.3 is 20.3 Å². The lowest BCUT2D eigenvalue weighted by atomic mass is 10.0. The first-order valence-corrected chi connectivity index (χ1v) is 12.8. The van der Waals surface area contributed by atoms with E-state index >= 15 is 0 Å². The molecular weight excluding hydrogens is 459 g/mol. The van der Waals surface area contributed by atoms with Crippen LogP contribution in [0, 0.1) is 5.82 Å². The Morgan fingerprint density at radius 2 is 2.03 bits per heavy atom. The summed E-state index contributed by atoms with van der Waals surface area (Å²) in [6, 6.07) is 21.8. The third-order valence-corrected chi connectivity index (χ3v) is 7.81. The Balaban J connectivity index is 1.32. The summed E-state index contributed by atoms with van der Waals surface area (Å²) in [6.07, 6.45) is 2.00. The molecule has 2 aliphatic rings. The van der Waals surface area contributed by atoms with E-state index in [4.69, 9.17) is 9.73 Å². The van der Waals surface area contributed by atoms with Crippen LogP contribution in [0.4, 0.5) is 20.8 Å². The molecule has 2 N–H and O–H groups in total. The molecule has 7 heteroatoms. The van der Waals surface area contributed by atoms with E-state index in [1.54, 1.807) is 24.5 Å². The maximum Gasteiger partial charge on any atom is 0.140 e. The number of thiophene rings is 1. The molecule has 1 atom stereocenters. The van der Waals surface area contributed by atoms with Crippen molar-refractivity contribution in [3.63, 3.8) is 0 Å². The van der Waals surface area contributed by atoms with Crippen molar-refractivity contribution in [2.45, 2.75) is 18.9 Å². The van der Waals surface area contributed by atoms with Crippen molar-refractivity contribution in [1.82, 2.24) is 10.2 Å². The molecule has 5 nitrogen and oxygen atoms in total. The van der Waals surface area contributed by atoms with Gasteiger partial charge in [0.05, 0.1) is 24.0 Å². The molecule has 0 radical (unpaired) electrons. The monoisotopic (exact) mass is 486 g/mol. The average molecular weight is 487 g/mol. The number of anilines is 2. The van der Waals surface area contributed by atoms with Crippen LogP contribution in [0.1, 0.15) is 17.5 Å². The standard InChI is InChI=1S/C28H27FN4OS/c1-34-21-6-4-5-18(15-21)9-11-20-17-33(14-13-30-20)27-26-22-7-2-3-8-25(22)35-28(26)32-24-16-19(29)10-12-23(24)31-27/h2-8,10,12,15-16,20,30,32H,9,11,13-14,17H2,1H3/t20-/m0/s1. The zero-order valence-electron chi connectivity index (χ0n) is 19.6. The molecule has 0 bridgehead atoms. The number of nitrogens with one attached hydrogen (secondary N) is 2. The highest BCUT2D eigenvalue weighted by Crippen LogP contribution is 2.43. The Morgan fingerprint density at radius 3 is 2.94 bits per heavy atom. The van der Waals surface area contributed by atoms with Gasteiger partial charge in [0.25, 0.3) is 0 Å². The zero-order valence-corrected chi connectivity index (χ0v) is 20.4. The van der Waals surface area contributed by atoms with Crippen LogP contribution >= 0.6 is 11.3 Å². The number of hydrogen-bond acceptors (Lipinski definition) is 6. The third-order valence-electron chi connectivity index (χ3n) is 6.72. The van der Waals surface area contributed by atoms with Crippen molar-refractivity contribution in [3.8, 4) is 5.75 Å². The van der Waals surface area contributed by atoms with Gasteiger partial charge in [-0.3, -0.25) is 0 Å². The summed E-state index contributed by atoms with van der Waals surface area (Å²) < 4.78 is 20.7. The van der Waals surface area contributed by atoms with E-state index in [0.717, 1.165) is 60.3 Å². The summed E-state index contributed by atoms with van der Waals surface area (Å²) in [4.78, 5) is 7.51. The molecule has 1 saturated heterocycles. The maximum absolute atomic E-state index is 14.1. The van der Waals surface area contributed by atoms with E-state index in [9.17, 15) is 4.39 Å². The number of hydrogen-bond donors (Lipinski definition) is 2. The second-order valence-corrected chi connectivity index (χ2v) is 10.1. The van der Waals surface area contributed by atoms with E-state index in [2.05, 4.69) is 51.9 Å². The first kappa shape index (κ1) is 22.1. The predicted molar refractivity (Wildman–Crippen MR) is 142 cm³/mol. The molecule has 3 heterocycles. The lowest BCUT2D eigenvalue weighted by Gasteiger charge is -2.36. The molecule has 1 fully saturated rings. The van der Waals surface area contributed by atoms with E-state index in [1.165, 1.54) is 27.8 Å². The van der Waals surface area contributed by atoms with Crippen LogP contribution in [0.5, 0.6) is 5.75 Å². The van der Waals surface area contributed by atoms with Gasteiger partial charge in [0.1, 0.15) is 22.4 Å². The molecular formula is C28H27FN4OS. The fourth-order valence-corrected chi connectivity index (χ4v) is 6.07. The highest BCUT2D eigenvalue weighted by Gasteiger charge is 2.29. The number of aliphatic imine (C=N–C) groups is 1. The minimum Gasteiger partial charge on any atom is -0.497 e. The number of amidine groups is 1. The normalized spacial score (nSPS) is 17.3. The molecule has 6 rings (SSSR count). The molecule has 3 aromatic carbocycles. The molecule has 0 aliphatic carbocycles. The Labute approximate surface area is 208 Å². The molecule has 0 amide bonds. The molecule has 1 aromatic heterocycles. The lowest BCUT2D eigenvalue weighted by molar-refractivity contribution is 0.282. The Kier molecular flexibility index (Phi) is 5.88. The predicted octanol–water partition coefficient (Wildman–Crippen LogP) is 6.09. The number of rotatable bonds is 4. The number of nitrogens with zero attached hydrogens (tertiary/aromatic N) is 2. The van der Waals surface area contributed by atoms with Gasteiger partial charge in [0.2, 0.25) is 0 Å². The summed E-state index contributed by atoms with van der Waals surface area (Å²) in [5.74, 6) is 1.59. The van der Waals surface area contributed by atoms with Gasteiger partial charge in [-0.25, -0.2) is 9.38 Å². The molecule has 2 aliphatic heterocycles. The summed E-state index contributed by atoms with van der Waals surface area (Å²) in [5.41, 5.74) is 3.86. The zero-order chi connectivity index (χ0) is 23.8. The topological polar surface area (TPSA) is 48.9 Å². The summed E-state index contributed by atoms with van der Waals surface area (Å²) in [7, 11) is 1.71. The minimum atomic E-state index is -0.266. The molecule has 178 valence electrons. The smallest absolute Gasteiger partial charge is 0.140 e. The minimum absolute atomic E-state index is 0.266. The average Bonchev–Trinajstić information content (AvgIpc) is 3.16. The van der Waals surface area contributed by atoms with Crippen molar-refractivity contribution < 1.29 is 9.13 Å². The quantitative estimate of drug-likeness (QED) is 0.366. The van der Waals surface area contributed by atoms with Crippen LogP contribution in [0.15, 0.2) is 71.7 Å². The second kappa shape index (κ2) is 9.32. The highest BCUT2D eigenvalue weighted by molar-refractivity contribution is 7.23. The van der Waals surface area contributed by atoms with Crippen molar-refractivity contribution in [2.24, 2.45) is 4.99 Å². The van der Waals surface area contributed by atoms with Crippen LogP contribution in [0.2, 0.25) is 0 Å². The van der Waals surface area contributed by atoms with Crippen LogP contribution in [-0.4, -0.2) is 43.5 Å². The van der Waals surface area contributed by atoms with Gasteiger partial charge in [-0.2, -0.15) is 0 Å². The summed E-state index contributed by atoms with van der Waals surface area (Å²) in [6.45, 7) is 2.63. The number of halogens is 1. The Bertz CT molecular complexity index is 1420. The Hall–Kier alpha value is -3.42. The molecule has 0 saturated carbocycles. The SMILES string of the molecule is COc1cccc(CC[C@H]2CN(C3=Nc4ccc(F)cc4Nc4sc5ccccc5c43)CCN2)c1. The van der Waals surface area contributed by atoms with E-state index in [1.807, 2.05) is 12.1 Å². The second-order valence-electron chi connectivity index (χ2n) is 9.01. The molecule has 4 aromatic rings. The molecule has 35 heavy (non-hydrogen) atoms. The van der Waals surface area contributed by atoms with Crippen LogP contribution in [0.25, 0.3) is 10.1 Å². The van der Waals surface area contributed by atoms with Gasteiger partial charge in [0, 0.05) is 35.8 Å². The number of ether oxygens (including phenoxy) is 1. The first-order chi connectivity index (χ1) is 17.2. The number of piperazine rings is 1. The molecule has 0 unspecified atom stereocenters. The fraction of sp³-hybridized carbons (Fsp3) is 0.250. The Morgan fingerprint density at radius 1 is 1.11 bits per heavy atom. The van der Waals surface area contributed by atoms with E-state index < -0.39 is 0 Å². The van der Waals surface area contributed by atoms with Crippen LogP contribution < -0.4 is 15.4 Å². The number of fused-ring (bicyclic) bond motifs is 4. The van der Waals surface area contributed by atoms with Crippen LogP contribution in [0.3, 0.4) is 0 Å². The number of methoxy groups -OCH3 is 1. The number of aryl methyl sites for hydroxylation is 1. The van der Waals surface area contributed by atoms with Crippen molar-refractivity contribution in [1.29, 1.82) is 0 Å². The van der Waals surface area contributed by atoms with Crippen molar-refractivity contribution >= 4 is 43.6 Å². The van der Waals surface area contributed by atoms with E-state index in [0.29, 0.717) is 11.7 Å². The summed E-state index contributed by atoms with van der Waals surface area (Å²) >= 11 is 1.69. The van der Waals surface area contributed by atoms with Gasteiger partial charge in [-0.1, -0.05) is 30.3 Å². The third kappa shape index (κ3) is 4.37. The number of benzene rings is 3. The van der Waals surface area contributed by atoms with Gasteiger partial charge in [0.15, 0.2) is 0 Å². The molecule has 0 spiro atoms. The maximum atomic E-state index is 14.1. The lowest BCUT2D eigenvalue weighted by Crippen LogP contribution is -2.52. The van der Waals surface area contributed by atoms with Crippen LogP contribution in [-0.2, 0) is 6.42 Å². The largest absolute Gasteiger partial charge is 0.497 e. The van der Waals surface area contributed by atoms with Gasteiger partial charge >= 0.3 is 0 Å². The van der Waals surface area contributed by atoms with Crippen molar-refractivity contribution in [2.75, 3.05) is 32.1 Å². The fourth-order valence-electron chi connectivity index (χ4n) is 4.96. The van der Waals surface area contributed by atoms with Gasteiger partial charge in [-0.05, 0) is 54.8 Å². The summed E-state index contributed by atoms with van der Waals surface area (Å²) in [5, 5.41) is 9.37. The van der Waals surface area contributed by atoms with Crippen molar-refractivity contribution in [3.05, 3.63) is 83.7 Å². The first-order valence-electron chi connectivity index (χ1n) is 12.0.